The van der Waals surface area contributed by atoms with Crippen LogP contribution in [0.1, 0.15) is 19.4 Å². The molecule has 0 N–H and O–H groups in total. The summed E-state index contributed by atoms with van der Waals surface area (Å²) in [4.78, 5) is 12.4. The molecule has 8 heteroatoms. The van der Waals surface area contributed by atoms with Gasteiger partial charge >= 0.3 is 5.97 Å². The molecule has 0 atom stereocenters. The van der Waals surface area contributed by atoms with Crippen molar-refractivity contribution in [3.63, 3.8) is 0 Å². The van der Waals surface area contributed by atoms with Gasteiger partial charge in [-0.15, -0.1) is 11.3 Å². The van der Waals surface area contributed by atoms with E-state index in [2.05, 4.69) is 0 Å². The Hall–Kier alpha value is -2.19. The minimum Gasteiger partial charge on any atom is -0.449 e. The second kappa shape index (κ2) is 5.96. The summed E-state index contributed by atoms with van der Waals surface area (Å²) in [6.45, 7) is 3.37. The van der Waals surface area contributed by atoms with E-state index in [-0.39, 0.29) is 16.4 Å². The molecule has 1 aromatic carbocycles. The highest BCUT2D eigenvalue weighted by molar-refractivity contribution is 7.90. The third-order valence-electron chi connectivity index (χ3n) is 3.73. The van der Waals surface area contributed by atoms with E-state index >= 15 is 0 Å². The van der Waals surface area contributed by atoms with Gasteiger partial charge in [0.05, 0.1) is 10.5 Å². The lowest BCUT2D eigenvalue weighted by atomic mass is 9.92. The van der Waals surface area contributed by atoms with E-state index in [0.717, 1.165) is 17.6 Å². The number of esters is 1. The highest BCUT2D eigenvalue weighted by atomic mass is 32.2. The molecule has 1 aromatic heterocycles. The first-order valence-electron chi connectivity index (χ1n) is 7.29. The molecule has 5 nitrogen and oxygen atoms in total. The van der Waals surface area contributed by atoms with Crippen LogP contribution in [0.25, 0.3) is 5.57 Å². The molecule has 1 aliphatic heterocycles. The van der Waals surface area contributed by atoms with Crippen molar-refractivity contribution in [1.82, 2.24) is 0 Å². The molecule has 0 saturated heterocycles. The van der Waals surface area contributed by atoms with E-state index in [1.807, 2.05) is 0 Å². The summed E-state index contributed by atoms with van der Waals surface area (Å²) in [7, 11) is -3.34. The highest BCUT2D eigenvalue weighted by Gasteiger charge is 2.43. The zero-order chi connectivity index (χ0) is 18.4. The Morgan fingerprint density at radius 2 is 1.80 bits per heavy atom. The molecule has 0 aliphatic carbocycles. The summed E-state index contributed by atoms with van der Waals surface area (Å²) < 4.78 is 47.7. The summed E-state index contributed by atoms with van der Waals surface area (Å²) in [5.41, 5.74) is 0.00273. The smallest absolute Gasteiger partial charge is 0.375 e. The van der Waals surface area contributed by atoms with Crippen LogP contribution < -0.4 is 4.74 Å². The molecule has 0 fully saturated rings. The first-order valence-corrected chi connectivity index (χ1v) is 10.1. The maximum Gasteiger partial charge on any atom is 0.375 e. The number of ether oxygens (including phenoxy) is 2. The molecule has 2 heterocycles. The molecule has 2 aromatic rings. The standard InChI is InChI=1S/C17H15FO5S2/c1-17(2)13(10-4-6-11(7-5-10)25(3,20)21)14(16(19)23-17)22-12-8-9-24-15(12)18/h4-9H,1-3H3. The molecule has 1 aliphatic rings. The Morgan fingerprint density at radius 1 is 1.16 bits per heavy atom. The first-order chi connectivity index (χ1) is 11.6. The zero-order valence-corrected chi connectivity index (χ0v) is 15.3. The van der Waals surface area contributed by atoms with Crippen LogP contribution in [0, 0.1) is 5.13 Å². The van der Waals surface area contributed by atoms with Gasteiger partial charge in [0.25, 0.3) is 0 Å². The SMILES string of the molecule is CC1(C)OC(=O)C(Oc2ccsc2F)=C1c1ccc(S(C)(=O)=O)cc1. The van der Waals surface area contributed by atoms with Gasteiger partial charge < -0.3 is 9.47 Å². The van der Waals surface area contributed by atoms with Crippen molar-refractivity contribution in [3.05, 3.63) is 52.2 Å². The number of sulfone groups is 1. The fourth-order valence-electron chi connectivity index (χ4n) is 2.61. The summed E-state index contributed by atoms with van der Waals surface area (Å²) in [5, 5.41) is 0.966. The number of benzene rings is 1. The van der Waals surface area contributed by atoms with Crippen LogP contribution in [0.5, 0.6) is 5.75 Å². The second-order valence-electron chi connectivity index (χ2n) is 6.06. The number of halogens is 1. The molecule has 0 unspecified atom stereocenters. The first kappa shape index (κ1) is 17.6. The minimum absolute atomic E-state index is 0.0556. The summed E-state index contributed by atoms with van der Waals surface area (Å²) in [5.74, 6) is -0.855. The average Bonchev–Trinajstić information content (AvgIpc) is 2.99. The number of hydrogen-bond donors (Lipinski definition) is 0. The monoisotopic (exact) mass is 382 g/mol. The van der Waals surface area contributed by atoms with Crippen molar-refractivity contribution in [2.24, 2.45) is 0 Å². The van der Waals surface area contributed by atoms with Crippen molar-refractivity contribution in [2.45, 2.75) is 24.3 Å². The third-order valence-corrected chi connectivity index (χ3v) is 5.54. The van der Waals surface area contributed by atoms with Crippen molar-refractivity contribution >= 4 is 32.7 Å². The van der Waals surface area contributed by atoms with Gasteiger partial charge in [0.15, 0.2) is 15.6 Å². The van der Waals surface area contributed by atoms with Crippen molar-refractivity contribution < 1.29 is 27.1 Å². The lowest BCUT2D eigenvalue weighted by Gasteiger charge is -2.21. The van der Waals surface area contributed by atoms with E-state index in [4.69, 9.17) is 9.47 Å². The Kier molecular flexibility index (Phi) is 4.20. The predicted octanol–water partition coefficient (Wildman–Crippen LogP) is 3.42. The molecule has 0 saturated carbocycles. The molecule has 0 amide bonds. The van der Waals surface area contributed by atoms with E-state index in [1.165, 1.54) is 23.6 Å². The van der Waals surface area contributed by atoms with E-state index in [9.17, 15) is 17.6 Å². The molecule has 0 radical (unpaired) electrons. The largest absolute Gasteiger partial charge is 0.449 e. The Balaban J connectivity index is 2.10. The topological polar surface area (TPSA) is 69.7 Å². The number of rotatable bonds is 4. The number of cyclic esters (lactones) is 1. The van der Waals surface area contributed by atoms with Gasteiger partial charge in [-0.1, -0.05) is 12.1 Å². The van der Waals surface area contributed by atoms with Gasteiger partial charge in [0, 0.05) is 6.26 Å². The quantitative estimate of drug-likeness (QED) is 0.758. The van der Waals surface area contributed by atoms with Gasteiger partial charge in [0.1, 0.15) is 5.60 Å². The fourth-order valence-corrected chi connectivity index (χ4v) is 3.78. The predicted molar refractivity (Wildman–Crippen MR) is 91.5 cm³/mol. The van der Waals surface area contributed by atoms with Crippen LogP contribution in [-0.4, -0.2) is 26.2 Å². The van der Waals surface area contributed by atoms with E-state index in [0.29, 0.717) is 11.1 Å². The maximum atomic E-state index is 13.7. The normalized spacial score (nSPS) is 16.9. The van der Waals surface area contributed by atoms with Gasteiger partial charge in [0.2, 0.25) is 10.9 Å². The van der Waals surface area contributed by atoms with Gasteiger partial charge in [-0.2, -0.15) is 4.39 Å². The van der Waals surface area contributed by atoms with Crippen LogP contribution in [-0.2, 0) is 19.4 Å². The molecule has 0 spiro atoms. The number of carbonyl (C=O) groups is 1. The number of thiophene rings is 1. The Morgan fingerprint density at radius 3 is 2.32 bits per heavy atom. The molecule has 25 heavy (non-hydrogen) atoms. The van der Waals surface area contributed by atoms with E-state index < -0.39 is 26.5 Å². The molecular formula is C17H15FO5S2. The summed E-state index contributed by atoms with van der Waals surface area (Å²) in [6, 6.07) is 7.46. The zero-order valence-electron chi connectivity index (χ0n) is 13.7. The fraction of sp³-hybridized carbons (Fsp3) is 0.235. The summed E-state index contributed by atoms with van der Waals surface area (Å²) >= 11 is 0.858. The minimum atomic E-state index is -3.34. The van der Waals surface area contributed by atoms with Gasteiger partial charge in [-0.25, -0.2) is 13.2 Å². The lowest BCUT2D eigenvalue weighted by Crippen LogP contribution is -2.22. The average molecular weight is 382 g/mol. The number of carbonyl (C=O) groups excluding carboxylic acids is 1. The number of hydrogen-bond acceptors (Lipinski definition) is 6. The van der Waals surface area contributed by atoms with Crippen LogP contribution in [0.2, 0.25) is 0 Å². The van der Waals surface area contributed by atoms with Gasteiger partial charge in [-0.05, 0) is 43.0 Å². The third kappa shape index (κ3) is 3.32. The maximum absolute atomic E-state index is 13.7. The summed E-state index contributed by atoms with van der Waals surface area (Å²) in [6.07, 6.45) is 1.11. The second-order valence-corrected chi connectivity index (χ2v) is 8.94. The van der Waals surface area contributed by atoms with Crippen molar-refractivity contribution in [1.29, 1.82) is 0 Å². The molecule has 132 valence electrons. The Labute approximate surface area is 148 Å². The molecule has 0 bridgehead atoms. The van der Waals surface area contributed by atoms with Crippen LogP contribution in [0.3, 0.4) is 0 Å². The molecule has 3 rings (SSSR count). The van der Waals surface area contributed by atoms with Crippen LogP contribution >= 0.6 is 11.3 Å². The van der Waals surface area contributed by atoms with Gasteiger partial charge in [-0.3, -0.25) is 0 Å². The van der Waals surface area contributed by atoms with Crippen molar-refractivity contribution in [3.8, 4) is 5.75 Å². The molecular weight excluding hydrogens is 367 g/mol. The van der Waals surface area contributed by atoms with E-state index in [1.54, 1.807) is 26.0 Å². The van der Waals surface area contributed by atoms with Crippen LogP contribution in [0.15, 0.2) is 46.4 Å². The highest BCUT2D eigenvalue weighted by Crippen LogP contribution is 2.41. The lowest BCUT2D eigenvalue weighted by molar-refractivity contribution is -0.145. The Bertz CT molecular complexity index is 969. The van der Waals surface area contributed by atoms with Crippen LogP contribution in [0.4, 0.5) is 4.39 Å². The van der Waals surface area contributed by atoms with Crippen molar-refractivity contribution in [2.75, 3.05) is 6.26 Å².